The van der Waals surface area contributed by atoms with E-state index >= 15 is 0 Å². The maximum absolute atomic E-state index is 13.2. The molecule has 0 bridgehead atoms. The van der Waals surface area contributed by atoms with E-state index in [2.05, 4.69) is 17.1 Å². The van der Waals surface area contributed by atoms with Gasteiger partial charge in [0.05, 0.1) is 11.3 Å². The predicted molar refractivity (Wildman–Crippen MR) is 115 cm³/mol. The van der Waals surface area contributed by atoms with Crippen molar-refractivity contribution in [3.63, 3.8) is 0 Å². The van der Waals surface area contributed by atoms with Crippen molar-refractivity contribution in [1.29, 1.82) is 0 Å². The third-order valence-electron chi connectivity index (χ3n) is 5.58. The topological polar surface area (TPSA) is 75.4 Å². The lowest BCUT2D eigenvalue weighted by atomic mass is 9.89. The minimum Gasteiger partial charge on any atom is -0.368 e. The van der Waals surface area contributed by atoms with Gasteiger partial charge in [0.25, 0.3) is 5.91 Å². The number of amides is 1. The van der Waals surface area contributed by atoms with Crippen LogP contribution in [0, 0.1) is 0 Å². The summed E-state index contributed by atoms with van der Waals surface area (Å²) >= 11 is 0. The van der Waals surface area contributed by atoms with Crippen molar-refractivity contribution in [2.45, 2.75) is 26.2 Å². The van der Waals surface area contributed by atoms with Gasteiger partial charge in [-0.3, -0.25) is 9.59 Å². The van der Waals surface area contributed by atoms with Crippen LogP contribution in [0.3, 0.4) is 0 Å². The average molecular weight is 400 g/mol. The molecule has 1 amide bonds. The maximum Gasteiger partial charge on any atom is 0.251 e. The van der Waals surface area contributed by atoms with Gasteiger partial charge in [-0.25, -0.2) is 0 Å². The number of nitrogens with one attached hydrogen (secondary N) is 1. The zero-order valence-corrected chi connectivity index (χ0v) is 16.9. The van der Waals surface area contributed by atoms with Crippen molar-refractivity contribution in [3.8, 4) is 11.1 Å². The molecule has 0 spiro atoms. The largest absolute Gasteiger partial charge is 0.368 e. The number of fused-ring (bicyclic) bond motifs is 3. The lowest BCUT2D eigenvalue weighted by molar-refractivity contribution is 0.0999. The van der Waals surface area contributed by atoms with Gasteiger partial charge in [-0.2, -0.15) is 0 Å². The lowest BCUT2D eigenvalue weighted by Gasteiger charge is -2.32. The fraction of sp³-hybridized carbons (Fsp3) is 0.364. The van der Waals surface area contributed by atoms with Crippen LogP contribution < -0.4 is 16.0 Å². The van der Waals surface area contributed by atoms with E-state index in [0.717, 1.165) is 67.0 Å². The number of carbonyl (C=O) groups excluding carboxylic acids is 2. The van der Waals surface area contributed by atoms with Crippen molar-refractivity contribution in [2.75, 3.05) is 31.1 Å². The van der Waals surface area contributed by atoms with Crippen molar-refractivity contribution < 1.29 is 9.59 Å². The first-order valence-electron chi connectivity index (χ1n) is 9.73. The number of halogens is 1. The molecule has 1 heterocycles. The molecule has 148 valence electrons. The smallest absolute Gasteiger partial charge is 0.251 e. The summed E-state index contributed by atoms with van der Waals surface area (Å²) in [6, 6.07) is 9.73. The highest BCUT2D eigenvalue weighted by molar-refractivity contribution is 6.24. The van der Waals surface area contributed by atoms with Crippen LogP contribution in [0.15, 0.2) is 30.3 Å². The number of primary amides is 1. The van der Waals surface area contributed by atoms with Crippen LogP contribution in [0.2, 0.25) is 0 Å². The second kappa shape index (κ2) is 8.33. The normalized spacial score (nSPS) is 15.0. The number of hydrogen-bond donors (Lipinski definition) is 2. The predicted octanol–water partition coefficient (Wildman–Crippen LogP) is 3.17. The molecule has 2 aliphatic rings. The summed E-state index contributed by atoms with van der Waals surface area (Å²) in [7, 11) is 0. The molecular weight excluding hydrogens is 374 g/mol. The quantitative estimate of drug-likeness (QED) is 0.691. The Kier molecular flexibility index (Phi) is 6.06. The first kappa shape index (κ1) is 20.4. The van der Waals surface area contributed by atoms with Crippen LogP contribution in [0.1, 0.15) is 51.6 Å². The number of piperazine rings is 1. The molecule has 4 rings (SSSR count). The van der Waals surface area contributed by atoms with E-state index in [-0.39, 0.29) is 18.2 Å². The van der Waals surface area contributed by atoms with E-state index in [1.165, 1.54) is 0 Å². The zero-order valence-electron chi connectivity index (χ0n) is 16.1. The average Bonchev–Trinajstić information content (AvgIpc) is 2.98. The number of rotatable bonds is 5. The van der Waals surface area contributed by atoms with Crippen LogP contribution in [0.5, 0.6) is 0 Å². The molecule has 1 aliphatic carbocycles. The van der Waals surface area contributed by atoms with Gasteiger partial charge < -0.3 is 16.0 Å². The first-order valence-corrected chi connectivity index (χ1v) is 9.73. The summed E-state index contributed by atoms with van der Waals surface area (Å²) in [4.78, 5) is 27.9. The second-order valence-corrected chi connectivity index (χ2v) is 7.25. The molecule has 0 aromatic heterocycles. The molecular formula is C22H26ClN3O2. The molecule has 2 aromatic carbocycles. The molecule has 3 N–H and O–H groups in total. The van der Waals surface area contributed by atoms with Gasteiger partial charge in [-0.1, -0.05) is 37.6 Å². The molecule has 6 heteroatoms. The number of nitrogens with two attached hydrogens (primary N) is 1. The Balaban J connectivity index is 0.00000225. The molecule has 0 radical (unpaired) electrons. The van der Waals surface area contributed by atoms with Gasteiger partial charge in [-0.15, -0.1) is 12.4 Å². The van der Waals surface area contributed by atoms with Gasteiger partial charge in [-0.05, 0) is 35.6 Å². The third kappa shape index (κ3) is 3.29. The maximum atomic E-state index is 13.2. The van der Waals surface area contributed by atoms with Gasteiger partial charge >= 0.3 is 0 Å². The van der Waals surface area contributed by atoms with E-state index in [1.807, 2.05) is 30.3 Å². The Bertz CT molecular complexity index is 920. The van der Waals surface area contributed by atoms with E-state index in [9.17, 15) is 9.59 Å². The Hall–Kier alpha value is -2.37. The fourth-order valence-electron chi connectivity index (χ4n) is 4.28. The third-order valence-corrected chi connectivity index (χ3v) is 5.58. The number of benzene rings is 2. The number of hydrogen-bond acceptors (Lipinski definition) is 4. The zero-order chi connectivity index (χ0) is 19.0. The van der Waals surface area contributed by atoms with Gasteiger partial charge in [0.2, 0.25) is 0 Å². The van der Waals surface area contributed by atoms with Gasteiger partial charge in [0.1, 0.15) is 0 Å². The highest BCUT2D eigenvalue weighted by Crippen LogP contribution is 2.43. The van der Waals surface area contributed by atoms with Crippen LogP contribution in [-0.2, 0) is 6.42 Å². The summed E-state index contributed by atoms with van der Waals surface area (Å²) in [5.41, 5.74) is 11.4. The monoisotopic (exact) mass is 399 g/mol. The Morgan fingerprint density at radius 3 is 2.46 bits per heavy atom. The lowest BCUT2D eigenvalue weighted by Crippen LogP contribution is -2.44. The number of ketones is 1. The number of carbonyl (C=O) groups is 2. The molecule has 1 fully saturated rings. The number of unbranched alkanes of at least 4 members (excludes halogenated alkanes) is 1. The molecule has 28 heavy (non-hydrogen) atoms. The highest BCUT2D eigenvalue weighted by atomic mass is 35.5. The van der Waals surface area contributed by atoms with Crippen LogP contribution in [-0.4, -0.2) is 37.9 Å². The molecule has 5 nitrogen and oxygen atoms in total. The fourth-order valence-corrected chi connectivity index (χ4v) is 4.28. The second-order valence-electron chi connectivity index (χ2n) is 7.25. The minimum atomic E-state index is -0.443. The highest BCUT2D eigenvalue weighted by Gasteiger charge is 2.34. The molecule has 0 atom stereocenters. The van der Waals surface area contributed by atoms with Crippen LogP contribution in [0.4, 0.5) is 5.69 Å². The minimum absolute atomic E-state index is 0. The Morgan fingerprint density at radius 2 is 1.82 bits per heavy atom. The summed E-state index contributed by atoms with van der Waals surface area (Å²) in [6.07, 6.45) is 2.60. The molecule has 1 aliphatic heterocycles. The summed E-state index contributed by atoms with van der Waals surface area (Å²) < 4.78 is 0. The molecule has 0 saturated carbocycles. The number of anilines is 1. The van der Waals surface area contributed by atoms with E-state index in [4.69, 9.17) is 5.73 Å². The van der Waals surface area contributed by atoms with Crippen LogP contribution in [0.25, 0.3) is 11.1 Å². The summed E-state index contributed by atoms with van der Waals surface area (Å²) in [5.74, 6) is -0.428. The van der Waals surface area contributed by atoms with E-state index in [0.29, 0.717) is 17.5 Å². The Labute approximate surface area is 171 Å². The molecule has 0 unspecified atom stereocenters. The van der Waals surface area contributed by atoms with Crippen molar-refractivity contribution >= 4 is 29.8 Å². The van der Waals surface area contributed by atoms with E-state index in [1.54, 1.807) is 0 Å². The van der Waals surface area contributed by atoms with E-state index < -0.39 is 5.91 Å². The van der Waals surface area contributed by atoms with Crippen LogP contribution >= 0.6 is 12.4 Å². The summed E-state index contributed by atoms with van der Waals surface area (Å²) in [5, 5.41) is 3.35. The van der Waals surface area contributed by atoms with Crippen molar-refractivity contribution in [2.24, 2.45) is 5.73 Å². The van der Waals surface area contributed by atoms with Gasteiger partial charge in [0.15, 0.2) is 5.78 Å². The summed E-state index contributed by atoms with van der Waals surface area (Å²) in [6.45, 7) is 5.49. The van der Waals surface area contributed by atoms with Crippen molar-refractivity contribution in [1.82, 2.24) is 5.32 Å². The molecule has 1 saturated heterocycles. The SMILES string of the molecule is CCCCc1c2c(cc(N3CCNCC3)c1C(N)=O)-c1ccccc1C2=O.Cl. The Morgan fingerprint density at radius 1 is 1.14 bits per heavy atom. The van der Waals surface area contributed by atoms with Crippen molar-refractivity contribution in [3.05, 3.63) is 52.6 Å². The first-order chi connectivity index (χ1) is 13.1. The number of nitrogens with zero attached hydrogens (tertiary/aromatic N) is 1. The standard InChI is InChI=1S/C22H25N3O2.ClH/c1-2-3-6-16-19-17(14-7-4-5-8-15(14)21(19)26)13-18(20(16)22(23)27)25-11-9-24-10-12-25;/h4-5,7-8,13,24H,2-3,6,9-12H2,1H3,(H2,23,27);1H. The van der Waals surface area contributed by atoms with Gasteiger partial charge in [0, 0.05) is 37.3 Å². The molecule has 2 aromatic rings.